The lowest BCUT2D eigenvalue weighted by molar-refractivity contribution is -0.137. The highest BCUT2D eigenvalue weighted by atomic mass is 32.2. The Kier molecular flexibility index (Phi) is 5.47. The molecule has 1 saturated heterocycles. The Balaban J connectivity index is 1.95. The molecule has 0 spiro atoms. The van der Waals surface area contributed by atoms with Crippen LogP contribution in [0.3, 0.4) is 0 Å². The summed E-state index contributed by atoms with van der Waals surface area (Å²) in [5.41, 5.74) is 0.329. The molecule has 0 amide bonds. The van der Waals surface area contributed by atoms with Gasteiger partial charge in [0.05, 0.1) is 6.61 Å². The number of esters is 1. The molecule has 1 aliphatic rings. The fourth-order valence-electron chi connectivity index (χ4n) is 1.99. The van der Waals surface area contributed by atoms with Gasteiger partial charge < -0.3 is 9.47 Å². The molecule has 1 aromatic carbocycles. The number of carbonyl (C=O) groups is 2. The highest BCUT2D eigenvalue weighted by Gasteiger charge is 2.18. The first-order valence-electron chi connectivity index (χ1n) is 6.76. The monoisotopic (exact) mass is 294 g/mol. The number of hydrogen-bond acceptors (Lipinski definition) is 5. The molecule has 0 aromatic heterocycles. The number of benzene rings is 1. The number of ketones is 1. The van der Waals surface area contributed by atoms with E-state index in [1.807, 2.05) is 11.8 Å². The largest absolute Gasteiger partial charge is 0.490 e. The van der Waals surface area contributed by atoms with Crippen molar-refractivity contribution in [2.75, 3.05) is 18.1 Å². The quantitative estimate of drug-likeness (QED) is 0.475. The first-order chi connectivity index (χ1) is 9.70. The van der Waals surface area contributed by atoms with Crippen molar-refractivity contribution in [1.29, 1.82) is 0 Å². The average Bonchev–Trinajstić information content (AvgIpc) is 2.48. The maximum Gasteiger partial charge on any atom is 0.379 e. The van der Waals surface area contributed by atoms with Gasteiger partial charge in [-0.05, 0) is 55.5 Å². The van der Waals surface area contributed by atoms with Crippen LogP contribution in [0.5, 0.6) is 5.75 Å². The molecule has 1 heterocycles. The van der Waals surface area contributed by atoms with Gasteiger partial charge in [0.25, 0.3) is 5.78 Å². The summed E-state index contributed by atoms with van der Waals surface area (Å²) in [5.74, 6) is 1.56. The number of carbonyl (C=O) groups excluding carboxylic acids is 2. The molecule has 0 aliphatic carbocycles. The van der Waals surface area contributed by atoms with Gasteiger partial charge in [0.15, 0.2) is 0 Å². The summed E-state index contributed by atoms with van der Waals surface area (Å²) in [7, 11) is 0. The third-order valence-corrected chi connectivity index (χ3v) is 4.10. The van der Waals surface area contributed by atoms with Crippen LogP contribution < -0.4 is 4.74 Å². The van der Waals surface area contributed by atoms with Crippen LogP contribution >= 0.6 is 11.8 Å². The number of thioether (sulfide) groups is 1. The van der Waals surface area contributed by atoms with Crippen LogP contribution in [0.1, 0.15) is 30.1 Å². The van der Waals surface area contributed by atoms with E-state index in [0.717, 1.165) is 30.1 Å². The second-order valence-electron chi connectivity index (χ2n) is 4.50. The third kappa shape index (κ3) is 4.00. The average molecular weight is 294 g/mol. The SMILES string of the molecule is CCOC(=O)C(=O)c1ccc(OC2CCSCC2)cc1. The number of hydrogen-bond donors (Lipinski definition) is 0. The fraction of sp³-hybridized carbons (Fsp3) is 0.467. The van der Waals surface area contributed by atoms with Crippen molar-refractivity contribution in [3.8, 4) is 5.75 Å². The van der Waals surface area contributed by atoms with Crippen molar-refractivity contribution >= 4 is 23.5 Å². The molecule has 20 heavy (non-hydrogen) atoms. The molecule has 1 aromatic rings. The van der Waals surface area contributed by atoms with Gasteiger partial charge in [0, 0.05) is 5.56 Å². The molecule has 0 atom stereocenters. The highest BCUT2D eigenvalue weighted by molar-refractivity contribution is 7.99. The molecule has 0 radical (unpaired) electrons. The summed E-state index contributed by atoms with van der Waals surface area (Å²) in [6, 6.07) is 6.67. The molecule has 0 bridgehead atoms. The molecule has 0 unspecified atom stereocenters. The van der Waals surface area contributed by atoms with Gasteiger partial charge >= 0.3 is 5.97 Å². The summed E-state index contributed by atoms with van der Waals surface area (Å²) < 4.78 is 10.5. The van der Waals surface area contributed by atoms with Crippen LogP contribution in [0.4, 0.5) is 0 Å². The van der Waals surface area contributed by atoms with Crippen molar-refractivity contribution in [2.24, 2.45) is 0 Å². The fourth-order valence-corrected chi connectivity index (χ4v) is 3.05. The van der Waals surface area contributed by atoms with Crippen LogP contribution in [-0.4, -0.2) is 36.0 Å². The molecule has 0 saturated carbocycles. The Hall–Kier alpha value is -1.49. The minimum Gasteiger partial charge on any atom is -0.490 e. The van der Waals surface area contributed by atoms with Gasteiger partial charge in [-0.1, -0.05) is 0 Å². The first kappa shape index (κ1) is 14.9. The van der Waals surface area contributed by atoms with Crippen molar-refractivity contribution in [3.63, 3.8) is 0 Å². The van der Waals surface area contributed by atoms with Gasteiger partial charge in [-0.15, -0.1) is 0 Å². The van der Waals surface area contributed by atoms with Gasteiger partial charge in [0.1, 0.15) is 11.9 Å². The van der Waals surface area contributed by atoms with Crippen molar-refractivity contribution in [2.45, 2.75) is 25.9 Å². The van der Waals surface area contributed by atoms with E-state index in [1.54, 1.807) is 31.2 Å². The Labute approximate surface area is 122 Å². The standard InChI is InChI=1S/C15H18O4S/c1-2-18-15(17)14(16)11-3-5-12(6-4-11)19-13-7-9-20-10-8-13/h3-6,13H,2,7-10H2,1H3. The summed E-state index contributed by atoms with van der Waals surface area (Å²) in [6.45, 7) is 1.87. The number of Topliss-reactive ketones (excluding diaryl/α,β-unsaturated/α-hetero) is 1. The molecule has 1 fully saturated rings. The summed E-state index contributed by atoms with van der Waals surface area (Å²) in [6.07, 6.45) is 2.35. The maximum atomic E-state index is 11.7. The van der Waals surface area contributed by atoms with E-state index < -0.39 is 11.8 Å². The van der Waals surface area contributed by atoms with Gasteiger partial charge in [-0.2, -0.15) is 11.8 Å². The zero-order chi connectivity index (χ0) is 14.4. The lowest BCUT2D eigenvalue weighted by Gasteiger charge is -2.22. The van der Waals surface area contributed by atoms with Gasteiger partial charge in [-0.3, -0.25) is 4.79 Å². The second kappa shape index (κ2) is 7.33. The molecular formula is C15H18O4S. The molecule has 4 nitrogen and oxygen atoms in total. The second-order valence-corrected chi connectivity index (χ2v) is 5.73. The van der Waals surface area contributed by atoms with E-state index >= 15 is 0 Å². The smallest absolute Gasteiger partial charge is 0.379 e. The van der Waals surface area contributed by atoms with E-state index in [4.69, 9.17) is 4.74 Å². The molecule has 108 valence electrons. The molecule has 2 rings (SSSR count). The molecule has 1 aliphatic heterocycles. The Bertz CT molecular complexity index is 463. The van der Waals surface area contributed by atoms with Crippen molar-refractivity contribution in [1.82, 2.24) is 0 Å². The van der Waals surface area contributed by atoms with E-state index in [9.17, 15) is 9.59 Å². The summed E-state index contributed by atoms with van der Waals surface area (Å²) >= 11 is 1.95. The van der Waals surface area contributed by atoms with Crippen LogP contribution in [0.2, 0.25) is 0 Å². The molecular weight excluding hydrogens is 276 g/mol. The zero-order valence-electron chi connectivity index (χ0n) is 11.5. The van der Waals surface area contributed by atoms with Crippen LogP contribution in [0, 0.1) is 0 Å². The van der Waals surface area contributed by atoms with Crippen LogP contribution in [0.15, 0.2) is 24.3 Å². The lowest BCUT2D eigenvalue weighted by atomic mass is 10.1. The molecule has 0 N–H and O–H groups in total. The predicted octanol–water partition coefficient (Wildman–Crippen LogP) is 2.71. The van der Waals surface area contributed by atoms with E-state index in [0.29, 0.717) is 5.56 Å². The normalized spacial score (nSPS) is 15.7. The maximum absolute atomic E-state index is 11.7. The van der Waals surface area contributed by atoms with Gasteiger partial charge in [0.2, 0.25) is 0 Å². The lowest BCUT2D eigenvalue weighted by Crippen LogP contribution is -2.22. The van der Waals surface area contributed by atoms with E-state index in [-0.39, 0.29) is 12.7 Å². The Morgan fingerprint density at radius 1 is 1.20 bits per heavy atom. The highest BCUT2D eigenvalue weighted by Crippen LogP contribution is 2.23. The number of rotatable bonds is 5. The van der Waals surface area contributed by atoms with E-state index in [2.05, 4.69) is 4.74 Å². The Morgan fingerprint density at radius 3 is 2.45 bits per heavy atom. The third-order valence-electron chi connectivity index (χ3n) is 3.05. The van der Waals surface area contributed by atoms with Crippen molar-refractivity contribution in [3.05, 3.63) is 29.8 Å². The van der Waals surface area contributed by atoms with Crippen molar-refractivity contribution < 1.29 is 19.1 Å². The summed E-state index contributed by atoms with van der Waals surface area (Å²) in [4.78, 5) is 23.1. The predicted molar refractivity (Wildman–Crippen MR) is 78.4 cm³/mol. The van der Waals surface area contributed by atoms with E-state index in [1.165, 1.54) is 0 Å². The topological polar surface area (TPSA) is 52.6 Å². The minimum absolute atomic E-state index is 0.200. The zero-order valence-corrected chi connectivity index (χ0v) is 12.3. The number of ether oxygens (including phenoxy) is 2. The molecule has 5 heteroatoms. The first-order valence-corrected chi connectivity index (χ1v) is 7.92. The van der Waals surface area contributed by atoms with Crippen LogP contribution in [-0.2, 0) is 9.53 Å². The minimum atomic E-state index is -0.814. The Morgan fingerprint density at radius 2 is 1.85 bits per heavy atom. The van der Waals surface area contributed by atoms with Crippen LogP contribution in [0.25, 0.3) is 0 Å². The van der Waals surface area contributed by atoms with Gasteiger partial charge in [-0.25, -0.2) is 4.79 Å². The summed E-state index contributed by atoms with van der Waals surface area (Å²) in [5, 5.41) is 0.